The number of anilines is 1. The van der Waals surface area contributed by atoms with Crippen molar-refractivity contribution >= 4 is 31.6 Å². The fraction of sp³-hybridized carbons (Fsp3) is 0.294. The van der Waals surface area contributed by atoms with E-state index in [2.05, 4.69) is 20.8 Å². The van der Waals surface area contributed by atoms with E-state index in [9.17, 15) is 12.8 Å². The van der Waals surface area contributed by atoms with Gasteiger partial charge in [-0.2, -0.15) is 4.31 Å². The van der Waals surface area contributed by atoms with Gasteiger partial charge in [0.05, 0.1) is 4.90 Å². The minimum absolute atomic E-state index is 0.273. The second-order valence-corrected chi connectivity index (χ2v) is 8.57. The Morgan fingerprint density at radius 2 is 1.62 bits per heavy atom. The quantitative estimate of drug-likeness (QED) is 0.775. The molecule has 0 aromatic heterocycles. The van der Waals surface area contributed by atoms with E-state index in [-0.39, 0.29) is 5.82 Å². The van der Waals surface area contributed by atoms with Crippen molar-refractivity contribution in [2.75, 3.05) is 31.1 Å². The largest absolute Gasteiger partial charge is 0.369 e. The van der Waals surface area contributed by atoms with Gasteiger partial charge in [-0.3, -0.25) is 0 Å². The van der Waals surface area contributed by atoms with Gasteiger partial charge in [0.25, 0.3) is 0 Å². The molecule has 0 atom stereocenters. The molecule has 1 aliphatic heterocycles. The van der Waals surface area contributed by atoms with Crippen LogP contribution in [0.15, 0.2) is 51.8 Å². The van der Waals surface area contributed by atoms with Gasteiger partial charge < -0.3 is 4.90 Å². The van der Waals surface area contributed by atoms with Crippen molar-refractivity contribution in [3.63, 3.8) is 0 Å². The van der Waals surface area contributed by atoms with Gasteiger partial charge in [-0.15, -0.1) is 0 Å². The third kappa shape index (κ3) is 3.48. The highest BCUT2D eigenvalue weighted by Gasteiger charge is 2.28. The summed E-state index contributed by atoms with van der Waals surface area (Å²) in [4.78, 5) is 2.39. The molecule has 0 radical (unpaired) electrons. The van der Waals surface area contributed by atoms with Crippen LogP contribution in [0.4, 0.5) is 10.1 Å². The van der Waals surface area contributed by atoms with Crippen molar-refractivity contribution in [2.45, 2.75) is 11.8 Å². The highest BCUT2D eigenvalue weighted by Crippen LogP contribution is 2.24. The van der Waals surface area contributed by atoms with Gasteiger partial charge in [-0.25, -0.2) is 12.8 Å². The van der Waals surface area contributed by atoms with Gasteiger partial charge in [-0.05, 0) is 55.0 Å². The second-order valence-electron chi connectivity index (χ2n) is 5.78. The summed E-state index contributed by atoms with van der Waals surface area (Å²) in [5, 5.41) is 0. The average molecular weight is 413 g/mol. The van der Waals surface area contributed by atoms with Crippen LogP contribution in [-0.4, -0.2) is 38.9 Å². The van der Waals surface area contributed by atoms with Crippen molar-refractivity contribution < 1.29 is 12.8 Å². The molecule has 0 saturated carbocycles. The molecule has 128 valence electrons. The van der Waals surface area contributed by atoms with E-state index < -0.39 is 10.0 Å². The summed E-state index contributed by atoms with van der Waals surface area (Å²) in [6.07, 6.45) is 0. The van der Waals surface area contributed by atoms with Gasteiger partial charge in [0.15, 0.2) is 0 Å². The fourth-order valence-corrected chi connectivity index (χ4v) is 4.52. The Morgan fingerprint density at radius 3 is 2.21 bits per heavy atom. The molecule has 24 heavy (non-hydrogen) atoms. The monoisotopic (exact) mass is 412 g/mol. The molecule has 4 nitrogen and oxygen atoms in total. The summed E-state index contributed by atoms with van der Waals surface area (Å²) in [6, 6.07) is 11.3. The van der Waals surface area contributed by atoms with Crippen LogP contribution in [0.3, 0.4) is 0 Å². The zero-order valence-electron chi connectivity index (χ0n) is 13.2. The van der Waals surface area contributed by atoms with E-state index in [1.165, 1.54) is 16.4 Å². The average Bonchev–Trinajstić information content (AvgIpc) is 2.58. The number of halogens is 2. The number of benzene rings is 2. The van der Waals surface area contributed by atoms with Crippen molar-refractivity contribution in [3.8, 4) is 0 Å². The van der Waals surface area contributed by atoms with Crippen LogP contribution in [-0.2, 0) is 10.0 Å². The molecule has 2 aromatic carbocycles. The zero-order chi connectivity index (χ0) is 17.3. The summed E-state index contributed by atoms with van der Waals surface area (Å²) in [5.41, 5.74) is 1.80. The molecule has 0 unspecified atom stereocenters. The number of sulfonamides is 1. The van der Waals surface area contributed by atoms with Crippen molar-refractivity contribution in [1.29, 1.82) is 0 Å². The van der Waals surface area contributed by atoms with Crippen LogP contribution in [0.25, 0.3) is 0 Å². The maximum atomic E-state index is 13.0. The first-order valence-corrected chi connectivity index (χ1v) is 9.88. The SMILES string of the molecule is Cc1cc(S(=O)(=O)N2CCN(c3ccc(F)cc3)CC2)ccc1Br. The molecule has 3 rings (SSSR count). The Morgan fingerprint density at radius 1 is 1.00 bits per heavy atom. The normalized spacial score (nSPS) is 16.4. The maximum absolute atomic E-state index is 13.0. The van der Waals surface area contributed by atoms with E-state index in [0.717, 1.165) is 15.7 Å². The van der Waals surface area contributed by atoms with Crippen molar-refractivity contribution in [2.24, 2.45) is 0 Å². The predicted octanol–water partition coefficient (Wildman–Crippen LogP) is 3.41. The van der Waals surface area contributed by atoms with Gasteiger partial charge >= 0.3 is 0 Å². The number of nitrogens with zero attached hydrogens (tertiary/aromatic N) is 2. The molecule has 0 bridgehead atoms. The van der Waals surface area contributed by atoms with Crippen LogP contribution in [0, 0.1) is 12.7 Å². The number of piperazine rings is 1. The van der Waals surface area contributed by atoms with Gasteiger partial charge in [0.1, 0.15) is 5.82 Å². The van der Waals surface area contributed by atoms with Crippen molar-refractivity contribution in [3.05, 3.63) is 58.3 Å². The smallest absolute Gasteiger partial charge is 0.243 e. The molecular weight excluding hydrogens is 395 g/mol. The Hall–Kier alpha value is -1.44. The highest BCUT2D eigenvalue weighted by molar-refractivity contribution is 9.10. The summed E-state index contributed by atoms with van der Waals surface area (Å²) >= 11 is 3.39. The fourth-order valence-electron chi connectivity index (χ4n) is 2.77. The molecule has 1 heterocycles. The first kappa shape index (κ1) is 17.4. The molecule has 0 N–H and O–H groups in total. The van der Waals surface area contributed by atoms with Crippen LogP contribution >= 0.6 is 15.9 Å². The minimum atomic E-state index is -3.49. The summed E-state index contributed by atoms with van der Waals surface area (Å²) in [7, 11) is -3.49. The van der Waals surface area contributed by atoms with E-state index in [0.29, 0.717) is 31.1 Å². The molecule has 0 aliphatic carbocycles. The number of rotatable bonds is 3. The van der Waals surface area contributed by atoms with Crippen LogP contribution in [0.5, 0.6) is 0 Å². The van der Waals surface area contributed by atoms with E-state index >= 15 is 0 Å². The number of hydrogen-bond acceptors (Lipinski definition) is 3. The maximum Gasteiger partial charge on any atom is 0.243 e. The Kier molecular flexibility index (Phi) is 4.94. The van der Waals surface area contributed by atoms with Gasteiger partial charge in [0.2, 0.25) is 10.0 Å². The molecule has 0 spiro atoms. The van der Waals surface area contributed by atoms with Crippen LogP contribution in [0.1, 0.15) is 5.56 Å². The molecule has 0 amide bonds. The Balaban J connectivity index is 1.73. The summed E-state index contributed by atoms with van der Waals surface area (Å²) in [5.74, 6) is -0.273. The van der Waals surface area contributed by atoms with Crippen molar-refractivity contribution in [1.82, 2.24) is 4.31 Å². The third-order valence-electron chi connectivity index (χ3n) is 4.20. The van der Waals surface area contributed by atoms with Crippen LogP contribution < -0.4 is 4.90 Å². The molecule has 1 saturated heterocycles. The van der Waals surface area contributed by atoms with Crippen LogP contribution in [0.2, 0.25) is 0 Å². The topological polar surface area (TPSA) is 40.6 Å². The van der Waals surface area contributed by atoms with Gasteiger partial charge in [0, 0.05) is 36.3 Å². The first-order chi connectivity index (χ1) is 11.4. The summed E-state index contributed by atoms with van der Waals surface area (Å²) < 4.78 is 41.0. The number of hydrogen-bond donors (Lipinski definition) is 0. The third-order valence-corrected chi connectivity index (χ3v) is 6.98. The lowest BCUT2D eigenvalue weighted by Crippen LogP contribution is -2.48. The van der Waals surface area contributed by atoms with E-state index in [4.69, 9.17) is 0 Å². The van der Waals surface area contributed by atoms with Gasteiger partial charge in [-0.1, -0.05) is 15.9 Å². The lowest BCUT2D eigenvalue weighted by molar-refractivity contribution is 0.385. The standard InChI is InChI=1S/C17H18BrFN2O2S/c1-13-12-16(6-7-17(13)18)24(22,23)21-10-8-20(9-11-21)15-4-2-14(19)3-5-15/h2-7,12H,8-11H2,1H3. The van der Waals surface area contributed by atoms with E-state index in [1.807, 2.05) is 6.92 Å². The minimum Gasteiger partial charge on any atom is -0.369 e. The molecule has 7 heteroatoms. The second kappa shape index (κ2) is 6.82. The Labute approximate surface area is 150 Å². The molecule has 1 aliphatic rings. The summed E-state index contributed by atoms with van der Waals surface area (Å²) in [6.45, 7) is 3.86. The highest BCUT2D eigenvalue weighted by atomic mass is 79.9. The molecule has 1 fully saturated rings. The Bertz CT molecular complexity index is 832. The predicted molar refractivity (Wildman–Crippen MR) is 96.3 cm³/mol. The first-order valence-electron chi connectivity index (χ1n) is 7.65. The zero-order valence-corrected chi connectivity index (χ0v) is 15.6. The lowest BCUT2D eigenvalue weighted by Gasteiger charge is -2.35. The van der Waals surface area contributed by atoms with E-state index in [1.54, 1.807) is 30.3 Å². The molecular formula is C17H18BrFN2O2S. The lowest BCUT2D eigenvalue weighted by atomic mass is 10.2. The molecule has 2 aromatic rings. The number of aryl methyl sites for hydroxylation is 1.